The van der Waals surface area contributed by atoms with Crippen LogP contribution in [0.2, 0.25) is 0 Å². The fraction of sp³-hybridized carbons (Fsp3) is 0.750. The van der Waals surface area contributed by atoms with E-state index in [4.69, 9.17) is 0 Å². The molecule has 0 heterocycles. The second kappa shape index (κ2) is 12.6. The van der Waals surface area contributed by atoms with Crippen molar-refractivity contribution in [2.45, 2.75) is 123 Å². The number of hydrogen-bond donors (Lipinski definition) is 0. The van der Waals surface area contributed by atoms with Crippen molar-refractivity contribution in [1.82, 2.24) is 0 Å². The van der Waals surface area contributed by atoms with Gasteiger partial charge in [0.1, 0.15) is 5.82 Å². The van der Waals surface area contributed by atoms with Crippen molar-refractivity contribution in [1.29, 1.82) is 0 Å². The first kappa shape index (κ1) is 25.0. The molecule has 1 aromatic rings. The zero-order valence-corrected chi connectivity index (χ0v) is 21.6. The van der Waals surface area contributed by atoms with Crippen LogP contribution >= 0.6 is 0 Å². The Labute approximate surface area is 203 Å². The third-order valence-corrected chi connectivity index (χ3v) is 9.58. The van der Waals surface area contributed by atoms with Gasteiger partial charge in [-0.3, -0.25) is 0 Å². The summed E-state index contributed by atoms with van der Waals surface area (Å²) in [5, 5.41) is 0. The third kappa shape index (κ3) is 6.73. The zero-order chi connectivity index (χ0) is 23.0. The Kier molecular flexibility index (Phi) is 9.51. The van der Waals surface area contributed by atoms with Gasteiger partial charge in [0.15, 0.2) is 0 Å². The van der Waals surface area contributed by atoms with E-state index < -0.39 is 0 Å². The first-order valence-electron chi connectivity index (χ1n) is 14.6. The minimum absolute atomic E-state index is 0.0841. The molecule has 0 spiro atoms. The molecule has 5 atom stereocenters. The molecule has 0 radical (unpaired) electrons. The van der Waals surface area contributed by atoms with Crippen molar-refractivity contribution in [3.05, 3.63) is 46.8 Å². The van der Waals surface area contributed by atoms with Crippen LogP contribution in [0.5, 0.6) is 0 Å². The van der Waals surface area contributed by atoms with E-state index in [1.54, 1.807) is 0 Å². The lowest BCUT2D eigenvalue weighted by Crippen LogP contribution is -2.35. The van der Waals surface area contributed by atoms with Gasteiger partial charge in [0, 0.05) is 0 Å². The molecule has 0 N–H and O–H groups in total. The molecule has 0 nitrogen and oxygen atoms in total. The van der Waals surface area contributed by atoms with E-state index in [-0.39, 0.29) is 5.82 Å². The molecule has 3 aliphatic carbocycles. The van der Waals surface area contributed by atoms with Gasteiger partial charge in [-0.2, -0.15) is 0 Å². The van der Waals surface area contributed by atoms with Crippen molar-refractivity contribution in [2.75, 3.05) is 0 Å². The Balaban J connectivity index is 1.26. The zero-order valence-electron chi connectivity index (χ0n) is 21.6. The Bertz CT molecular complexity index is 762. The Morgan fingerprint density at radius 3 is 2.45 bits per heavy atom. The molecule has 0 bridgehead atoms. The van der Waals surface area contributed by atoms with Crippen LogP contribution in [0.3, 0.4) is 0 Å². The molecule has 2 fully saturated rings. The van der Waals surface area contributed by atoms with Crippen LogP contribution in [-0.4, -0.2) is 0 Å². The highest BCUT2D eigenvalue weighted by Gasteiger charge is 2.38. The SMILES string of the molecule is C/C=C/CCc1cc(F)c2c(c1)CCC(C1CCC3CC(CCCCCCC)CCC3C1)C2. The van der Waals surface area contributed by atoms with E-state index in [9.17, 15) is 0 Å². The number of hydrogen-bond acceptors (Lipinski definition) is 0. The molecule has 1 aromatic carbocycles. The average molecular weight is 453 g/mol. The summed E-state index contributed by atoms with van der Waals surface area (Å²) in [5.74, 6) is 4.64. The van der Waals surface area contributed by atoms with Crippen LogP contribution in [0.4, 0.5) is 4.39 Å². The highest BCUT2D eigenvalue weighted by Crippen LogP contribution is 2.49. The van der Waals surface area contributed by atoms with Crippen molar-refractivity contribution in [2.24, 2.45) is 29.6 Å². The van der Waals surface area contributed by atoms with Gasteiger partial charge >= 0.3 is 0 Å². The minimum atomic E-state index is 0.0841. The summed E-state index contributed by atoms with van der Waals surface area (Å²) in [7, 11) is 0. The van der Waals surface area contributed by atoms with E-state index in [1.807, 2.05) is 6.07 Å². The number of halogens is 1. The molecule has 3 aliphatic rings. The fourth-order valence-corrected chi connectivity index (χ4v) is 7.63. The number of rotatable bonds is 10. The molecule has 5 unspecified atom stereocenters. The first-order valence-corrected chi connectivity index (χ1v) is 14.6. The summed E-state index contributed by atoms with van der Waals surface area (Å²) in [6.07, 6.45) is 27.1. The number of aryl methyl sites for hydroxylation is 2. The molecular formula is C32H49F. The van der Waals surface area contributed by atoms with Gasteiger partial charge < -0.3 is 0 Å². The molecule has 4 rings (SSSR count). The minimum Gasteiger partial charge on any atom is -0.207 e. The number of allylic oxidation sites excluding steroid dienone is 2. The summed E-state index contributed by atoms with van der Waals surface area (Å²) in [6.45, 7) is 4.37. The molecule has 184 valence electrons. The monoisotopic (exact) mass is 452 g/mol. The van der Waals surface area contributed by atoms with Gasteiger partial charge in [0.05, 0.1) is 0 Å². The Morgan fingerprint density at radius 1 is 0.879 bits per heavy atom. The van der Waals surface area contributed by atoms with Gasteiger partial charge in [-0.05, 0) is 123 Å². The van der Waals surface area contributed by atoms with Crippen LogP contribution in [0.25, 0.3) is 0 Å². The maximum Gasteiger partial charge on any atom is 0.126 e. The predicted octanol–water partition coefficient (Wildman–Crippen LogP) is 9.63. The maximum absolute atomic E-state index is 15.0. The standard InChI is InChI=1S/C32H49F/c1-3-5-7-8-10-11-24-13-14-27-22-28(16-15-26(27)19-24)29-17-18-30-20-25(12-9-6-4-2)21-32(33)31(30)23-29/h4,6,20-21,24,26-29H,3,5,7-19,22-23H2,1-2H3/b6-4+. The Hall–Kier alpha value is -1.11. The highest BCUT2D eigenvalue weighted by atomic mass is 19.1. The summed E-state index contributed by atoms with van der Waals surface area (Å²) in [4.78, 5) is 0. The number of unbranched alkanes of at least 4 members (excludes halogenated alkanes) is 4. The van der Waals surface area contributed by atoms with Crippen LogP contribution in [-0.2, 0) is 19.3 Å². The van der Waals surface area contributed by atoms with Crippen molar-refractivity contribution >= 4 is 0 Å². The van der Waals surface area contributed by atoms with E-state index in [2.05, 4.69) is 32.1 Å². The molecule has 2 saturated carbocycles. The summed E-state index contributed by atoms with van der Waals surface area (Å²) >= 11 is 0. The van der Waals surface area contributed by atoms with Crippen LogP contribution in [0, 0.1) is 35.4 Å². The number of benzene rings is 1. The van der Waals surface area contributed by atoms with E-state index in [1.165, 1.54) is 94.6 Å². The van der Waals surface area contributed by atoms with Gasteiger partial charge in [-0.15, -0.1) is 0 Å². The second-order valence-corrected chi connectivity index (χ2v) is 11.8. The van der Waals surface area contributed by atoms with Gasteiger partial charge in [-0.1, -0.05) is 70.1 Å². The first-order chi connectivity index (χ1) is 16.2. The molecule has 0 saturated heterocycles. The lowest BCUT2D eigenvalue weighted by atomic mass is 9.60. The highest BCUT2D eigenvalue weighted by molar-refractivity contribution is 5.36. The molecule has 0 aromatic heterocycles. The molecule has 0 amide bonds. The Morgan fingerprint density at radius 2 is 1.64 bits per heavy atom. The topological polar surface area (TPSA) is 0 Å². The van der Waals surface area contributed by atoms with Crippen LogP contribution < -0.4 is 0 Å². The third-order valence-electron chi connectivity index (χ3n) is 9.58. The van der Waals surface area contributed by atoms with Crippen LogP contribution in [0.15, 0.2) is 24.3 Å². The van der Waals surface area contributed by atoms with Crippen molar-refractivity contribution < 1.29 is 4.39 Å². The quantitative estimate of drug-likeness (QED) is 0.245. The summed E-state index contributed by atoms with van der Waals surface area (Å²) in [6, 6.07) is 4.16. The summed E-state index contributed by atoms with van der Waals surface area (Å²) < 4.78 is 15.0. The van der Waals surface area contributed by atoms with E-state index >= 15 is 4.39 Å². The lowest BCUT2D eigenvalue weighted by molar-refractivity contribution is 0.0687. The molecule has 33 heavy (non-hydrogen) atoms. The maximum atomic E-state index is 15.0. The van der Waals surface area contributed by atoms with Gasteiger partial charge in [-0.25, -0.2) is 4.39 Å². The molecule has 0 aliphatic heterocycles. The normalized spacial score (nSPS) is 29.7. The average Bonchev–Trinajstić information content (AvgIpc) is 2.83. The van der Waals surface area contributed by atoms with E-state index in [0.717, 1.165) is 60.8 Å². The predicted molar refractivity (Wildman–Crippen MR) is 140 cm³/mol. The van der Waals surface area contributed by atoms with Crippen molar-refractivity contribution in [3.8, 4) is 0 Å². The van der Waals surface area contributed by atoms with Crippen molar-refractivity contribution in [3.63, 3.8) is 0 Å². The number of fused-ring (bicyclic) bond motifs is 2. The van der Waals surface area contributed by atoms with E-state index in [0.29, 0.717) is 0 Å². The van der Waals surface area contributed by atoms with Gasteiger partial charge in [0.25, 0.3) is 0 Å². The largest absolute Gasteiger partial charge is 0.207 e. The van der Waals surface area contributed by atoms with Gasteiger partial charge in [0.2, 0.25) is 0 Å². The van der Waals surface area contributed by atoms with Crippen LogP contribution in [0.1, 0.15) is 120 Å². The summed E-state index contributed by atoms with van der Waals surface area (Å²) in [5.41, 5.74) is 3.57. The molecular weight excluding hydrogens is 403 g/mol. The fourth-order valence-electron chi connectivity index (χ4n) is 7.63. The molecule has 1 heteroatoms. The smallest absolute Gasteiger partial charge is 0.126 e. The lowest BCUT2D eigenvalue weighted by Gasteiger charge is -2.45. The second-order valence-electron chi connectivity index (χ2n) is 11.8.